The lowest BCUT2D eigenvalue weighted by atomic mass is 9.73. The quantitative estimate of drug-likeness (QED) is 0.786. The topological polar surface area (TPSA) is 15.3 Å². The molecular weight excluding hydrogens is 232 g/mol. The van der Waals surface area contributed by atoms with Gasteiger partial charge in [0.1, 0.15) is 0 Å². The zero-order valence-corrected chi connectivity index (χ0v) is 13.4. The molecule has 0 radical (unpaired) electrons. The van der Waals surface area contributed by atoms with Gasteiger partial charge in [0.25, 0.3) is 0 Å². The lowest BCUT2D eigenvalue weighted by molar-refractivity contribution is 0.0335. The summed E-state index contributed by atoms with van der Waals surface area (Å²) in [5, 5.41) is 3.76. The minimum atomic E-state index is 0.459. The lowest BCUT2D eigenvalue weighted by Gasteiger charge is -2.50. The molecule has 2 saturated carbocycles. The largest absolute Gasteiger partial charge is 0.315 e. The number of rotatable bonds is 6. The zero-order chi connectivity index (χ0) is 13.7. The van der Waals surface area contributed by atoms with E-state index in [2.05, 4.69) is 31.1 Å². The molecule has 0 saturated heterocycles. The standard InChI is InChI=1S/C17H34N2/c1-4-19(5-2)17(13-9-10-14-17)16(18-3)15-11-7-6-8-12-15/h15-16,18H,4-14H2,1-3H3. The Bertz CT molecular complexity index is 248. The van der Waals surface area contributed by atoms with Crippen molar-refractivity contribution in [1.29, 1.82) is 0 Å². The second-order valence-corrected chi connectivity index (χ2v) is 6.65. The Hall–Kier alpha value is -0.0800. The van der Waals surface area contributed by atoms with Crippen LogP contribution in [-0.2, 0) is 0 Å². The third-order valence-electron chi connectivity index (χ3n) is 5.87. The first-order valence-electron chi connectivity index (χ1n) is 8.70. The van der Waals surface area contributed by atoms with Gasteiger partial charge in [-0.25, -0.2) is 0 Å². The van der Waals surface area contributed by atoms with E-state index in [0.717, 1.165) is 12.0 Å². The molecule has 2 fully saturated rings. The Morgan fingerprint density at radius 3 is 2.05 bits per heavy atom. The maximum atomic E-state index is 3.76. The fourth-order valence-electron chi connectivity index (χ4n) is 5.08. The highest BCUT2D eigenvalue weighted by Gasteiger charge is 2.47. The summed E-state index contributed by atoms with van der Waals surface area (Å²) in [5.74, 6) is 0.914. The molecule has 2 nitrogen and oxygen atoms in total. The fourth-order valence-corrected chi connectivity index (χ4v) is 5.08. The van der Waals surface area contributed by atoms with Crippen LogP contribution in [0.4, 0.5) is 0 Å². The van der Waals surface area contributed by atoms with Gasteiger partial charge in [0.05, 0.1) is 0 Å². The van der Waals surface area contributed by atoms with Gasteiger partial charge in [0, 0.05) is 11.6 Å². The Labute approximate surface area is 120 Å². The number of nitrogens with zero attached hydrogens (tertiary/aromatic N) is 1. The van der Waals surface area contributed by atoms with Crippen LogP contribution in [0, 0.1) is 5.92 Å². The van der Waals surface area contributed by atoms with Crippen molar-refractivity contribution >= 4 is 0 Å². The molecular formula is C17H34N2. The molecule has 0 spiro atoms. The van der Waals surface area contributed by atoms with E-state index in [1.807, 2.05) is 0 Å². The third-order valence-corrected chi connectivity index (χ3v) is 5.87. The number of hydrogen-bond acceptors (Lipinski definition) is 2. The van der Waals surface area contributed by atoms with Gasteiger partial charge in [-0.05, 0) is 51.7 Å². The maximum absolute atomic E-state index is 3.76. The number of hydrogen-bond donors (Lipinski definition) is 1. The van der Waals surface area contributed by atoms with Gasteiger partial charge in [-0.2, -0.15) is 0 Å². The molecule has 0 amide bonds. The number of likely N-dealkylation sites (N-methyl/N-ethyl adjacent to an activating group) is 2. The molecule has 0 aromatic heterocycles. The van der Waals surface area contributed by atoms with Crippen LogP contribution >= 0.6 is 0 Å². The van der Waals surface area contributed by atoms with E-state index in [1.54, 1.807) is 0 Å². The first-order chi connectivity index (χ1) is 9.28. The van der Waals surface area contributed by atoms with Gasteiger partial charge in [-0.1, -0.05) is 46.0 Å². The SMILES string of the molecule is CCN(CC)C1(C(NC)C2CCCCC2)CCCC1. The van der Waals surface area contributed by atoms with Crippen LogP contribution in [-0.4, -0.2) is 36.6 Å². The van der Waals surface area contributed by atoms with E-state index in [9.17, 15) is 0 Å². The molecule has 112 valence electrons. The molecule has 2 rings (SSSR count). The normalized spacial score (nSPS) is 25.9. The van der Waals surface area contributed by atoms with E-state index in [1.165, 1.54) is 70.9 Å². The second-order valence-electron chi connectivity index (χ2n) is 6.65. The monoisotopic (exact) mass is 266 g/mol. The average Bonchev–Trinajstić information content (AvgIpc) is 2.92. The van der Waals surface area contributed by atoms with E-state index in [0.29, 0.717) is 5.54 Å². The van der Waals surface area contributed by atoms with Crippen LogP contribution in [0.25, 0.3) is 0 Å². The molecule has 0 aliphatic heterocycles. The van der Waals surface area contributed by atoms with Gasteiger partial charge in [0.2, 0.25) is 0 Å². The molecule has 19 heavy (non-hydrogen) atoms. The highest BCUT2D eigenvalue weighted by molar-refractivity contribution is 5.05. The van der Waals surface area contributed by atoms with Crippen LogP contribution < -0.4 is 5.32 Å². The van der Waals surface area contributed by atoms with Gasteiger partial charge >= 0.3 is 0 Å². The number of nitrogens with one attached hydrogen (secondary N) is 1. The van der Waals surface area contributed by atoms with E-state index in [-0.39, 0.29) is 0 Å². The van der Waals surface area contributed by atoms with Crippen molar-refractivity contribution in [2.75, 3.05) is 20.1 Å². The molecule has 1 N–H and O–H groups in total. The summed E-state index contributed by atoms with van der Waals surface area (Å²) in [6, 6.07) is 0.718. The summed E-state index contributed by atoms with van der Waals surface area (Å²) < 4.78 is 0. The summed E-state index contributed by atoms with van der Waals surface area (Å²) in [6.45, 7) is 7.11. The Morgan fingerprint density at radius 1 is 1.00 bits per heavy atom. The minimum Gasteiger partial charge on any atom is -0.315 e. The highest BCUT2D eigenvalue weighted by atomic mass is 15.2. The maximum Gasteiger partial charge on any atom is 0.0364 e. The van der Waals surface area contributed by atoms with Crippen LogP contribution in [0.5, 0.6) is 0 Å². The van der Waals surface area contributed by atoms with Crippen LogP contribution in [0.1, 0.15) is 71.6 Å². The van der Waals surface area contributed by atoms with Crippen molar-refractivity contribution in [1.82, 2.24) is 10.2 Å². The van der Waals surface area contributed by atoms with Gasteiger partial charge in [0.15, 0.2) is 0 Å². The summed E-state index contributed by atoms with van der Waals surface area (Å²) in [7, 11) is 2.21. The minimum absolute atomic E-state index is 0.459. The van der Waals surface area contributed by atoms with E-state index < -0.39 is 0 Å². The van der Waals surface area contributed by atoms with Gasteiger partial charge in [-0.15, -0.1) is 0 Å². The van der Waals surface area contributed by atoms with E-state index >= 15 is 0 Å². The smallest absolute Gasteiger partial charge is 0.0364 e. The summed E-state index contributed by atoms with van der Waals surface area (Å²) >= 11 is 0. The Kier molecular flexibility index (Phi) is 5.70. The molecule has 1 unspecified atom stereocenters. The predicted molar refractivity (Wildman–Crippen MR) is 83.5 cm³/mol. The first-order valence-corrected chi connectivity index (χ1v) is 8.70. The van der Waals surface area contributed by atoms with Crippen molar-refractivity contribution in [3.05, 3.63) is 0 Å². The van der Waals surface area contributed by atoms with Crippen molar-refractivity contribution < 1.29 is 0 Å². The van der Waals surface area contributed by atoms with Crippen molar-refractivity contribution in [3.8, 4) is 0 Å². The fraction of sp³-hybridized carbons (Fsp3) is 1.00. The first kappa shape index (κ1) is 15.3. The van der Waals surface area contributed by atoms with Crippen molar-refractivity contribution in [3.63, 3.8) is 0 Å². The molecule has 0 aromatic rings. The summed E-state index contributed by atoms with van der Waals surface area (Å²) in [5.41, 5.74) is 0.459. The molecule has 2 heteroatoms. The molecule has 0 heterocycles. The molecule has 0 bridgehead atoms. The summed E-state index contributed by atoms with van der Waals surface area (Å²) in [4.78, 5) is 2.77. The molecule has 2 aliphatic carbocycles. The Morgan fingerprint density at radius 2 is 1.58 bits per heavy atom. The van der Waals surface area contributed by atoms with Crippen molar-refractivity contribution in [2.24, 2.45) is 5.92 Å². The van der Waals surface area contributed by atoms with Gasteiger partial charge < -0.3 is 5.32 Å². The lowest BCUT2D eigenvalue weighted by Crippen LogP contribution is -2.62. The van der Waals surface area contributed by atoms with Crippen LogP contribution in [0.2, 0.25) is 0 Å². The molecule has 0 aromatic carbocycles. The summed E-state index contributed by atoms with van der Waals surface area (Å²) in [6.07, 6.45) is 13.0. The third kappa shape index (κ3) is 3.00. The highest BCUT2D eigenvalue weighted by Crippen LogP contribution is 2.43. The molecule has 1 atom stereocenters. The van der Waals surface area contributed by atoms with E-state index in [4.69, 9.17) is 0 Å². The average molecular weight is 266 g/mol. The van der Waals surface area contributed by atoms with Crippen LogP contribution in [0.3, 0.4) is 0 Å². The van der Waals surface area contributed by atoms with Crippen LogP contribution in [0.15, 0.2) is 0 Å². The Balaban J connectivity index is 2.19. The second kappa shape index (κ2) is 7.08. The zero-order valence-electron chi connectivity index (χ0n) is 13.4. The predicted octanol–water partition coefficient (Wildman–Crippen LogP) is 3.81. The molecule has 2 aliphatic rings. The van der Waals surface area contributed by atoms with Gasteiger partial charge in [-0.3, -0.25) is 4.90 Å². The van der Waals surface area contributed by atoms with Crippen molar-refractivity contribution in [2.45, 2.75) is 83.2 Å².